The van der Waals surface area contributed by atoms with E-state index in [2.05, 4.69) is 29.2 Å². The van der Waals surface area contributed by atoms with Crippen LogP contribution in [0.5, 0.6) is 0 Å². The molecule has 0 amide bonds. The van der Waals surface area contributed by atoms with Crippen LogP contribution in [0.3, 0.4) is 0 Å². The van der Waals surface area contributed by atoms with Crippen LogP contribution in [0.15, 0.2) is 40.9 Å². The topological polar surface area (TPSA) is 26.0 Å². The Labute approximate surface area is 132 Å². The zero-order chi connectivity index (χ0) is 14.7. The van der Waals surface area contributed by atoms with E-state index in [-0.39, 0.29) is 0 Å². The first-order valence-corrected chi connectivity index (χ1v) is 8.10. The molecule has 0 aliphatic heterocycles. The van der Waals surface area contributed by atoms with Gasteiger partial charge in [0.05, 0.1) is 0 Å². The summed E-state index contributed by atoms with van der Waals surface area (Å²) in [6.45, 7) is 0. The van der Waals surface area contributed by atoms with Gasteiger partial charge in [0.25, 0.3) is 0 Å². The van der Waals surface area contributed by atoms with Crippen molar-refractivity contribution in [1.29, 1.82) is 0 Å². The Morgan fingerprint density at radius 2 is 1.59 bits per heavy atom. The predicted molar refractivity (Wildman–Crippen MR) is 90.7 cm³/mol. The molecule has 0 N–H and O–H groups in total. The number of aromatic nitrogens is 1. The van der Waals surface area contributed by atoms with Crippen molar-refractivity contribution in [2.75, 3.05) is 0 Å². The van der Waals surface area contributed by atoms with Crippen LogP contribution in [0.2, 0.25) is 5.15 Å². The summed E-state index contributed by atoms with van der Waals surface area (Å²) in [5.74, 6) is 0. The van der Waals surface area contributed by atoms with E-state index in [1.165, 1.54) is 42.2 Å². The number of pyridine rings is 1. The standard InChI is InChI=1S/C19H14ClNO/c20-19-14-10-16-15-7-11-3-1-2-4-12(11)8-17(15)22-18(16)9-13(14)5-6-21-19/h5-10H,1-4H2. The normalized spacial score (nSPS) is 14.8. The van der Waals surface area contributed by atoms with Gasteiger partial charge in [-0.05, 0) is 72.5 Å². The molecule has 22 heavy (non-hydrogen) atoms. The van der Waals surface area contributed by atoms with Crippen LogP contribution < -0.4 is 0 Å². The first-order chi connectivity index (χ1) is 10.8. The van der Waals surface area contributed by atoms with Gasteiger partial charge in [0, 0.05) is 22.4 Å². The number of fused-ring (bicyclic) bond motifs is 5. The molecule has 4 aromatic rings. The Morgan fingerprint density at radius 1 is 0.864 bits per heavy atom. The van der Waals surface area contributed by atoms with Crippen LogP contribution in [0.1, 0.15) is 24.0 Å². The first-order valence-electron chi connectivity index (χ1n) is 7.72. The zero-order valence-corrected chi connectivity index (χ0v) is 12.8. The molecule has 2 aromatic heterocycles. The summed E-state index contributed by atoms with van der Waals surface area (Å²) in [7, 11) is 0. The summed E-state index contributed by atoms with van der Waals surface area (Å²) in [5.41, 5.74) is 4.82. The van der Waals surface area contributed by atoms with E-state index in [1.54, 1.807) is 6.20 Å². The van der Waals surface area contributed by atoms with E-state index >= 15 is 0 Å². The van der Waals surface area contributed by atoms with Crippen molar-refractivity contribution in [3.05, 3.63) is 52.8 Å². The Kier molecular flexibility index (Phi) is 2.53. The highest BCUT2D eigenvalue weighted by Crippen LogP contribution is 2.36. The third-order valence-electron chi connectivity index (χ3n) is 4.77. The molecule has 0 saturated heterocycles. The van der Waals surface area contributed by atoms with E-state index < -0.39 is 0 Å². The third-order valence-corrected chi connectivity index (χ3v) is 5.07. The Hall–Kier alpha value is -2.06. The largest absolute Gasteiger partial charge is 0.456 e. The molecule has 3 heteroatoms. The molecule has 0 fully saturated rings. The van der Waals surface area contributed by atoms with Crippen LogP contribution in [0.4, 0.5) is 0 Å². The van der Waals surface area contributed by atoms with E-state index in [1.807, 2.05) is 6.07 Å². The molecule has 0 saturated carbocycles. The van der Waals surface area contributed by atoms with Crippen molar-refractivity contribution < 1.29 is 4.42 Å². The zero-order valence-electron chi connectivity index (χ0n) is 12.0. The molecular weight excluding hydrogens is 294 g/mol. The average molecular weight is 308 g/mol. The Bertz CT molecular complexity index is 1050. The van der Waals surface area contributed by atoms with Crippen LogP contribution >= 0.6 is 11.6 Å². The maximum atomic E-state index is 6.25. The maximum absolute atomic E-state index is 6.25. The van der Waals surface area contributed by atoms with Gasteiger partial charge >= 0.3 is 0 Å². The molecular formula is C19H14ClNO. The number of hydrogen-bond acceptors (Lipinski definition) is 2. The number of nitrogens with zero attached hydrogens (tertiary/aromatic N) is 1. The summed E-state index contributed by atoms with van der Waals surface area (Å²) in [6.07, 6.45) is 6.64. The molecule has 0 atom stereocenters. The van der Waals surface area contributed by atoms with Gasteiger partial charge < -0.3 is 4.42 Å². The highest BCUT2D eigenvalue weighted by atomic mass is 35.5. The van der Waals surface area contributed by atoms with E-state index in [4.69, 9.17) is 16.0 Å². The lowest BCUT2D eigenvalue weighted by atomic mass is 9.90. The number of aryl methyl sites for hydroxylation is 2. The van der Waals surface area contributed by atoms with Crippen LogP contribution in [0.25, 0.3) is 32.7 Å². The van der Waals surface area contributed by atoms with Crippen LogP contribution in [-0.2, 0) is 12.8 Å². The molecule has 2 aromatic carbocycles. The highest BCUT2D eigenvalue weighted by molar-refractivity contribution is 6.34. The molecule has 1 aliphatic carbocycles. The summed E-state index contributed by atoms with van der Waals surface area (Å²) < 4.78 is 6.10. The molecule has 0 radical (unpaired) electrons. The number of hydrogen-bond donors (Lipinski definition) is 0. The van der Waals surface area contributed by atoms with Crippen molar-refractivity contribution in [3.8, 4) is 0 Å². The fourth-order valence-electron chi connectivity index (χ4n) is 3.64. The summed E-state index contributed by atoms with van der Waals surface area (Å²) in [4.78, 5) is 4.18. The Morgan fingerprint density at radius 3 is 2.45 bits per heavy atom. The summed E-state index contributed by atoms with van der Waals surface area (Å²) >= 11 is 6.25. The van der Waals surface area contributed by atoms with Gasteiger partial charge in [-0.15, -0.1) is 0 Å². The summed E-state index contributed by atoms with van der Waals surface area (Å²) in [6, 6.07) is 10.7. The highest BCUT2D eigenvalue weighted by Gasteiger charge is 2.15. The molecule has 108 valence electrons. The molecule has 1 aliphatic rings. The number of furan rings is 1. The van der Waals surface area contributed by atoms with Gasteiger partial charge in [-0.3, -0.25) is 0 Å². The van der Waals surface area contributed by atoms with Crippen molar-refractivity contribution in [2.24, 2.45) is 0 Å². The third kappa shape index (κ3) is 1.71. The first kappa shape index (κ1) is 12.5. The second-order valence-corrected chi connectivity index (χ2v) is 6.46. The monoisotopic (exact) mass is 307 g/mol. The van der Waals surface area contributed by atoms with Crippen molar-refractivity contribution >= 4 is 44.3 Å². The van der Waals surface area contributed by atoms with Crippen molar-refractivity contribution in [2.45, 2.75) is 25.7 Å². The van der Waals surface area contributed by atoms with Crippen molar-refractivity contribution in [3.63, 3.8) is 0 Å². The number of benzene rings is 2. The lowest BCUT2D eigenvalue weighted by Crippen LogP contribution is -2.01. The fourth-order valence-corrected chi connectivity index (χ4v) is 3.86. The van der Waals surface area contributed by atoms with Crippen LogP contribution in [0, 0.1) is 0 Å². The number of halogens is 1. The smallest absolute Gasteiger partial charge is 0.136 e. The van der Waals surface area contributed by atoms with Gasteiger partial charge in [-0.25, -0.2) is 4.98 Å². The number of rotatable bonds is 0. The molecule has 0 spiro atoms. The molecule has 2 nitrogen and oxygen atoms in total. The molecule has 0 bridgehead atoms. The minimum Gasteiger partial charge on any atom is -0.456 e. The molecule has 2 heterocycles. The van der Waals surface area contributed by atoms with Gasteiger partial charge in [-0.1, -0.05) is 11.6 Å². The van der Waals surface area contributed by atoms with E-state index in [9.17, 15) is 0 Å². The lowest BCUT2D eigenvalue weighted by molar-refractivity contribution is 0.660. The quantitative estimate of drug-likeness (QED) is 0.391. The SMILES string of the molecule is Clc1nccc2cc3oc4cc5c(cc4c3cc12)CCCC5. The minimum atomic E-state index is 0.548. The minimum absolute atomic E-state index is 0.548. The second-order valence-electron chi connectivity index (χ2n) is 6.10. The van der Waals surface area contributed by atoms with Crippen molar-refractivity contribution in [1.82, 2.24) is 4.98 Å². The second kappa shape index (κ2) is 4.47. The summed E-state index contributed by atoms with van der Waals surface area (Å²) in [5, 5.41) is 4.92. The fraction of sp³-hybridized carbons (Fsp3) is 0.211. The van der Waals surface area contributed by atoms with E-state index in [0.717, 1.165) is 27.3 Å². The van der Waals surface area contributed by atoms with Gasteiger partial charge in [0.15, 0.2) is 0 Å². The molecule has 5 rings (SSSR count). The lowest BCUT2D eigenvalue weighted by Gasteiger charge is -2.14. The Balaban J connectivity index is 1.91. The maximum Gasteiger partial charge on any atom is 0.136 e. The van der Waals surface area contributed by atoms with Crippen LogP contribution in [-0.4, -0.2) is 4.98 Å². The van der Waals surface area contributed by atoms with Gasteiger partial charge in [0.2, 0.25) is 0 Å². The average Bonchev–Trinajstić information content (AvgIpc) is 2.88. The molecule has 0 unspecified atom stereocenters. The van der Waals surface area contributed by atoms with E-state index in [0.29, 0.717) is 5.15 Å². The van der Waals surface area contributed by atoms with Gasteiger partial charge in [-0.2, -0.15) is 0 Å². The predicted octanol–water partition coefficient (Wildman–Crippen LogP) is 5.67. The van der Waals surface area contributed by atoms with Gasteiger partial charge in [0.1, 0.15) is 16.3 Å².